The van der Waals surface area contributed by atoms with E-state index in [1.807, 2.05) is 55.6 Å². The fourth-order valence-electron chi connectivity index (χ4n) is 2.58. The van der Waals surface area contributed by atoms with E-state index in [2.05, 4.69) is 26.3 Å². The van der Waals surface area contributed by atoms with Crippen molar-refractivity contribution in [1.29, 1.82) is 0 Å². The molecular formula is C21H20BrN3O3. The highest BCUT2D eigenvalue weighted by molar-refractivity contribution is 9.10. The number of esters is 1. The molecule has 2 aromatic carbocycles. The minimum atomic E-state index is -0.425. The Morgan fingerprint density at radius 1 is 1.18 bits per heavy atom. The summed E-state index contributed by atoms with van der Waals surface area (Å²) in [5, 5.41) is 7.01. The minimum Gasteiger partial charge on any atom is -0.456 e. The molecule has 0 aliphatic heterocycles. The van der Waals surface area contributed by atoms with Gasteiger partial charge in [-0.05, 0) is 64.7 Å². The second-order valence-electron chi connectivity index (χ2n) is 6.32. The lowest BCUT2D eigenvalue weighted by atomic mass is 10.2. The first-order valence-corrected chi connectivity index (χ1v) is 9.61. The van der Waals surface area contributed by atoms with Crippen LogP contribution in [0.25, 0.3) is 5.69 Å². The molecule has 6 nitrogen and oxygen atoms in total. The number of nitrogens with zero attached hydrogens (tertiary/aromatic N) is 2. The van der Waals surface area contributed by atoms with Gasteiger partial charge in [-0.15, -0.1) is 0 Å². The molecule has 144 valence electrons. The van der Waals surface area contributed by atoms with E-state index < -0.39 is 5.97 Å². The highest BCUT2D eigenvalue weighted by atomic mass is 79.9. The van der Waals surface area contributed by atoms with Crippen LogP contribution in [0.5, 0.6) is 0 Å². The van der Waals surface area contributed by atoms with Crippen LogP contribution in [-0.4, -0.2) is 28.3 Å². The van der Waals surface area contributed by atoms with E-state index in [9.17, 15) is 9.59 Å². The van der Waals surface area contributed by atoms with Crippen LogP contribution in [0.1, 0.15) is 17.5 Å². The number of hydrogen-bond donors (Lipinski definition) is 1. The van der Waals surface area contributed by atoms with Gasteiger partial charge in [-0.25, -0.2) is 4.68 Å². The molecule has 0 radical (unpaired) electrons. The fourth-order valence-corrected chi connectivity index (χ4v) is 3.18. The average Bonchev–Trinajstić information content (AvgIpc) is 3.17. The Bertz CT molecular complexity index is 970. The third-order valence-electron chi connectivity index (χ3n) is 4.04. The molecular weight excluding hydrogens is 422 g/mol. The van der Waals surface area contributed by atoms with E-state index in [4.69, 9.17) is 4.74 Å². The third kappa shape index (κ3) is 5.53. The van der Waals surface area contributed by atoms with Crippen molar-refractivity contribution >= 4 is 33.5 Å². The molecule has 3 aromatic rings. The SMILES string of the molecule is Cc1ccc(NC(=O)COC(=O)CCc2cnn(-c3ccccc3)c2)c(Br)c1. The first kappa shape index (κ1) is 19.8. The van der Waals surface area contributed by atoms with Gasteiger partial charge in [-0.1, -0.05) is 24.3 Å². The van der Waals surface area contributed by atoms with Crippen LogP contribution < -0.4 is 5.32 Å². The molecule has 1 aromatic heterocycles. The van der Waals surface area contributed by atoms with Gasteiger partial charge in [0.2, 0.25) is 0 Å². The molecule has 1 amide bonds. The van der Waals surface area contributed by atoms with Crippen molar-refractivity contribution in [3.63, 3.8) is 0 Å². The molecule has 1 heterocycles. The number of aromatic nitrogens is 2. The summed E-state index contributed by atoms with van der Waals surface area (Å²) in [4.78, 5) is 23.9. The van der Waals surface area contributed by atoms with Crippen molar-refractivity contribution in [3.8, 4) is 5.69 Å². The smallest absolute Gasteiger partial charge is 0.306 e. The highest BCUT2D eigenvalue weighted by Crippen LogP contribution is 2.23. The lowest BCUT2D eigenvalue weighted by Gasteiger charge is -2.08. The van der Waals surface area contributed by atoms with Gasteiger partial charge in [0.05, 0.1) is 17.6 Å². The maximum Gasteiger partial charge on any atom is 0.306 e. The average molecular weight is 442 g/mol. The van der Waals surface area contributed by atoms with Gasteiger partial charge in [0.1, 0.15) is 0 Å². The van der Waals surface area contributed by atoms with Crippen molar-refractivity contribution in [2.24, 2.45) is 0 Å². The lowest BCUT2D eigenvalue weighted by Crippen LogP contribution is -2.21. The van der Waals surface area contributed by atoms with E-state index in [-0.39, 0.29) is 18.9 Å². The normalized spacial score (nSPS) is 10.5. The first-order chi connectivity index (χ1) is 13.5. The third-order valence-corrected chi connectivity index (χ3v) is 4.69. The Morgan fingerprint density at radius 3 is 2.71 bits per heavy atom. The minimum absolute atomic E-state index is 0.183. The molecule has 0 saturated carbocycles. The van der Waals surface area contributed by atoms with Crippen molar-refractivity contribution in [1.82, 2.24) is 9.78 Å². The topological polar surface area (TPSA) is 73.2 Å². The Hall–Kier alpha value is -2.93. The van der Waals surface area contributed by atoms with Crippen molar-refractivity contribution in [3.05, 3.63) is 76.5 Å². The Balaban J connectivity index is 1.43. The molecule has 7 heteroatoms. The van der Waals surface area contributed by atoms with E-state index in [1.165, 1.54) is 0 Å². The second-order valence-corrected chi connectivity index (χ2v) is 7.18. The highest BCUT2D eigenvalue weighted by Gasteiger charge is 2.11. The van der Waals surface area contributed by atoms with Crippen molar-refractivity contribution in [2.45, 2.75) is 19.8 Å². The maximum atomic E-state index is 12.0. The number of amides is 1. The quantitative estimate of drug-likeness (QED) is 0.561. The molecule has 0 saturated heterocycles. The van der Waals surface area contributed by atoms with Crippen LogP contribution in [0.4, 0.5) is 5.69 Å². The fraction of sp³-hybridized carbons (Fsp3) is 0.190. The zero-order valence-electron chi connectivity index (χ0n) is 15.4. The Morgan fingerprint density at radius 2 is 1.96 bits per heavy atom. The molecule has 0 unspecified atom stereocenters. The second kappa shape index (κ2) is 9.32. The molecule has 1 N–H and O–H groups in total. The van der Waals surface area contributed by atoms with Crippen LogP contribution in [-0.2, 0) is 20.7 Å². The van der Waals surface area contributed by atoms with Gasteiger partial charge in [-0.2, -0.15) is 5.10 Å². The summed E-state index contributed by atoms with van der Waals surface area (Å²) in [5.41, 5.74) is 3.59. The van der Waals surface area contributed by atoms with Crippen LogP contribution in [0.2, 0.25) is 0 Å². The Labute approximate surface area is 171 Å². The molecule has 0 spiro atoms. The summed E-state index contributed by atoms with van der Waals surface area (Å²) in [6.45, 7) is 1.64. The summed E-state index contributed by atoms with van der Waals surface area (Å²) in [7, 11) is 0. The molecule has 0 atom stereocenters. The number of aryl methyl sites for hydroxylation is 2. The molecule has 0 bridgehead atoms. The number of benzene rings is 2. The molecule has 0 aliphatic carbocycles. The summed E-state index contributed by atoms with van der Waals surface area (Å²) >= 11 is 3.39. The summed E-state index contributed by atoms with van der Waals surface area (Å²) in [6, 6.07) is 15.3. The summed E-state index contributed by atoms with van der Waals surface area (Å²) < 4.78 is 7.60. The number of carbonyl (C=O) groups excluding carboxylic acids is 2. The number of para-hydroxylation sites is 1. The van der Waals surface area contributed by atoms with Crippen LogP contribution >= 0.6 is 15.9 Å². The van der Waals surface area contributed by atoms with Gasteiger partial charge in [0, 0.05) is 17.1 Å². The van der Waals surface area contributed by atoms with Crippen LogP contribution in [0.15, 0.2) is 65.4 Å². The van der Waals surface area contributed by atoms with Crippen molar-refractivity contribution < 1.29 is 14.3 Å². The van der Waals surface area contributed by atoms with Gasteiger partial charge >= 0.3 is 5.97 Å². The molecule has 28 heavy (non-hydrogen) atoms. The molecule has 0 aliphatic rings. The van der Waals surface area contributed by atoms with Crippen LogP contribution in [0.3, 0.4) is 0 Å². The van der Waals surface area contributed by atoms with E-state index in [0.717, 1.165) is 21.3 Å². The summed E-state index contributed by atoms with van der Waals surface area (Å²) in [5.74, 6) is -0.805. The number of rotatable bonds is 7. The summed E-state index contributed by atoms with van der Waals surface area (Å²) in [6.07, 6.45) is 4.28. The zero-order chi connectivity index (χ0) is 19.9. The lowest BCUT2D eigenvalue weighted by molar-refractivity contribution is -0.147. The first-order valence-electron chi connectivity index (χ1n) is 8.82. The van der Waals surface area contributed by atoms with Crippen LogP contribution in [0, 0.1) is 6.92 Å². The molecule has 0 fully saturated rings. The van der Waals surface area contributed by atoms with Gasteiger partial charge in [-0.3, -0.25) is 9.59 Å². The predicted molar refractivity (Wildman–Crippen MR) is 110 cm³/mol. The number of anilines is 1. The number of carbonyl (C=O) groups is 2. The van der Waals surface area contributed by atoms with Gasteiger partial charge in [0.15, 0.2) is 6.61 Å². The number of hydrogen-bond acceptors (Lipinski definition) is 4. The van der Waals surface area contributed by atoms with Gasteiger partial charge < -0.3 is 10.1 Å². The standard InChI is InChI=1S/C21H20BrN3O3/c1-15-7-9-19(18(22)11-15)24-20(26)14-28-21(27)10-8-16-12-23-25(13-16)17-5-3-2-4-6-17/h2-7,9,11-13H,8,10,14H2,1H3,(H,24,26). The van der Waals surface area contributed by atoms with Gasteiger partial charge in [0.25, 0.3) is 5.91 Å². The number of ether oxygens (including phenoxy) is 1. The van der Waals surface area contributed by atoms with Crippen molar-refractivity contribution in [2.75, 3.05) is 11.9 Å². The molecule has 3 rings (SSSR count). The zero-order valence-corrected chi connectivity index (χ0v) is 17.0. The number of nitrogens with one attached hydrogen (secondary N) is 1. The Kier molecular flexibility index (Phi) is 6.60. The van der Waals surface area contributed by atoms with E-state index in [1.54, 1.807) is 16.9 Å². The van der Waals surface area contributed by atoms with E-state index in [0.29, 0.717) is 12.1 Å². The monoisotopic (exact) mass is 441 g/mol. The predicted octanol–water partition coefficient (Wildman–Crippen LogP) is 4.06. The number of halogens is 1. The largest absolute Gasteiger partial charge is 0.456 e. The van der Waals surface area contributed by atoms with E-state index >= 15 is 0 Å². The maximum absolute atomic E-state index is 12.0.